The molecule has 0 spiro atoms. The summed E-state index contributed by atoms with van der Waals surface area (Å²) in [7, 11) is 0. The Hall–Kier alpha value is -1.48. The van der Waals surface area contributed by atoms with Crippen molar-refractivity contribution >= 4 is 21.6 Å². The van der Waals surface area contributed by atoms with Crippen molar-refractivity contribution in [2.75, 3.05) is 18.5 Å². The van der Waals surface area contributed by atoms with Crippen molar-refractivity contribution in [3.63, 3.8) is 0 Å². The van der Waals surface area contributed by atoms with Gasteiger partial charge in [0.2, 0.25) is 0 Å². The molecule has 3 heteroatoms. The Morgan fingerprint density at radius 3 is 2.62 bits per heavy atom. The zero-order valence-corrected chi connectivity index (χ0v) is 14.4. The molecule has 112 valence electrons. The Kier molecular flexibility index (Phi) is 5.68. The average molecular weight is 348 g/mol. The van der Waals surface area contributed by atoms with Crippen LogP contribution in [0.2, 0.25) is 0 Å². The van der Waals surface area contributed by atoms with E-state index < -0.39 is 0 Å². The summed E-state index contributed by atoms with van der Waals surface area (Å²) in [5.74, 6) is 1.49. The number of hydrogen-bond donors (Lipinski definition) is 1. The van der Waals surface area contributed by atoms with Crippen molar-refractivity contribution < 1.29 is 4.74 Å². The maximum absolute atomic E-state index is 5.80. The first-order valence-electron chi connectivity index (χ1n) is 7.29. The normalized spacial score (nSPS) is 10.7. The predicted octanol–water partition coefficient (Wildman–Crippen LogP) is 5.37. The summed E-state index contributed by atoms with van der Waals surface area (Å²) in [5, 5.41) is 3.34. The van der Waals surface area contributed by atoms with Gasteiger partial charge in [-0.05, 0) is 54.3 Å². The molecule has 2 rings (SSSR count). The summed E-state index contributed by atoms with van der Waals surface area (Å²) >= 11 is 3.46. The molecule has 0 unspecified atom stereocenters. The third-order valence-electron chi connectivity index (χ3n) is 3.39. The molecule has 2 aromatic carbocycles. The van der Waals surface area contributed by atoms with Crippen LogP contribution >= 0.6 is 15.9 Å². The van der Waals surface area contributed by atoms with Crippen LogP contribution in [0.3, 0.4) is 0 Å². The standard InChI is InChI=1S/C18H22BrNO/c1-13(2)18-8-7-17(11-14(18)3)21-10-9-20-16-6-4-5-15(19)12-16/h4-8,11-13,20H,9-10H2,1-3H3. The fraction of sp³-hybridized carbons (Fsp3) is 0.333. The molecular weight excluding hydrogens is 326 g/mol. The number of rotatable bonds is 6. The summed E-state index contributed by atoms with van der Waals surface area (Å²) in [6, 6.07) is 14.5. The molecule has 0 amide bonds. The van der Waals surface area contributed by atoms with E-state index in [0.717, 1.165) is 22.5 Å². The maximum Gasteiger partial charge on any atom is 0.119 e. The van der Waals surface area contributed by atoms with E-state index in [1.54, 1.807) is 0 Å². The number of nitrogens with one attached hydrogen (secondary N) is 1. The molecule has 0 fully saturated rings. The van der Waals surface area contributed by atoms with Crippen molar-refractivity contribution in [2.45, 2.75) is 26.7 Å². The van der Waals surface area contributed by atoms with Crippen molar-refractivity contribution in [2.24, 2.45) is 0 Å². The second kappa shape index (κ2) is 7.51. The third-order valence-corrected chi connectivity index (χ3v) is 3.88. The van der Waals surface area contributed by atoms with Gasteiger partial charge in [0.1, 0.15) is 12.4 Å². The smallest absolute Gasteiger partial charge is 0.119 e. The molecule has 0 bridgehead atoms. The Morgan fingerprint density at radius 1 is 1.14 bits per heavy atom. The average Bonchev–Trinajstić information content (AvgIpc) is 2.43. The highest BCUT2D eigenvalue weighted by Crippen LogP contribution is 2.23. The van der Waals surface area contributed by atoms with Crippen LogP contribution in [0.5, 0.6) is 5.75 Å². The fourth-order valence-corrected chi connectivity index (χ4v) is 2.75. The molecule has 0 saturated carbocycles. The van der Waals surface area contributed by atoms with Gasteiger partial charge in [0.05, 0.1) is 0 Å². The highest BCUT2D eigenvalue weighted by molar-refractivity contribution is 9.10. The molecule has 2 aromatic rings. The lowest BCUT2D eigenvalue weighted by Gasteiger charge is -2.13. The highest BCUT2D eigenvalue weighted by Gasteiger charge is 2.04. The molecule has 0 aliphatic rings. The van der Waals surface area contributed by atoms with Gasteiger partial charge in [0, 0.05) is 16.7 Å². The Labute approximate surface area is 135 Å². The van der Waals surface area contributed by atoms with Crippen LogP contribution in [0.25, 0.3) is 0 Å². The molecule has 0 heterocycles. The minimum atomic E-state index is 0.553. The first-order chi connectivity index (χ1) is 10.1. The number of anilines is 1. The van der Waals surface area contributed by atoms with E-state index in [1.807, 2.05) is 18.2 Å². The first kappa shape index (κ1) is 15.9. The van der Waals surface area contributed by atoms with Crippen molar-refractivity contribution in [1.82, 2.24) is 0 Å². The molecule has 0 radical (unpaired) electrons. The van der Waals surface area contributed by atoms with Crippen LogP contribution < -0.4 is 10.1 Å². The number of ether oxygens (including phenoxy) is 1. The molecule has 0 aromatic heterocycles. The van der Waals surface area contributed by atoms with Gasteiger partial charge < -0.3 is 10.1 Å². The number of benzene rings is 2. The van der Waals surface area contributed by atoms with E-state index in [1.165, 1.54) is 11.1 Å². The largest absolute Gasteiger partial charge is 0.492 e. The van der Waals surface area contributed by atoms with Crippen LogP contribution in [0.1, 0.15) is 30.9 Å². The van der Waals surface area contributed by atoms with Crippen molar-refractivity contribution in [3.8, 4) is 5.75 Å². The van der Waals surface area contributed by atoms with Crippen LogP contribution in [0.15, 0.2) is 46.9 Å². The summed E-state index contributed by atoms with van der Waals surface area (Å²) in [6.07, 6.45) is 0. The molecule has 2 nitrogen and oxygen atoms in total. The molecule has 0 saturated heterocycles. The minimum absolute atomic E-state index is 0.553. The molecule has 0 atom stereocenters. The lowest BCUT2D eigenvalue weighted by atomic mass is 9.98. The van der Waals surface area contributed by atoms with Gasteiger partial charge in [-0.15, -0.1) is 0 Å². The molecular formula is C18H22BrNO. The van der Waals surface area contributed by atoms with E-state index in [0.29, 0.717) is 12.5 Å². The Balaban J connectivity index is 1.82. The summed E-state index contributed by atoms with van der Waals surface area (Å²) in [4.78, 5) is 0. The Bertz CT molecular complexity index is 596. The van der Waals surface area contributed by atoms with Gasteiger partial charge >= 0.3 is 0 Å². The van der Waals surface area contributed by atoms with Gasteiger partial charge in [0.25, 0.3) is 0 Å². The lowest BCUT2D eigenvalue weighted by Crippen LogP contribution is -2.11. The van der Waals surface area contributed by atoms with Gasteiger partial charge in [-0.25, -0.2) is 0 Å². The van der Waals surface area contributed by atoms with E-state index in [2.05, 4.69) is 66.3 Å². The lowest BCUT2D eigenvalue weighted by molar-refractivity contribution is 0.332. The van der Waals surface area contributed by atoms with Crippen LogP contribution in [-0.4, -0.2) is 13.2 Å². The van der Waals surface area contributed by atoms with E-state index in [4.69, 9.17) is 4.74 Å². The van der Waals surface area contributed by atoms with E-state index >= 15 is 0 Å². The quantitative estimate of drug-likeness (QED) is 0.709. The van der Waals surface area contributed by atoms with E-state index in [9.17, 15) is 0 Å². The minimum Gasteiger partial charge on any atom is -0.492 e. The summed E-state index contributed by atoms with van der Waals surface area (Å²) in [5.41, 5.74) is 3.77. The van der Waals surface area contributed by atoms with Crippen molar-refractivity contribution in [3.05, 3.63) is 58.1 Å². The Morgan fingerprint density at radius 2 is 1.95 bits per heavy atom. The second-order valence-corrected chi connectivity index (χ2v) is 6.37. The summed E-state index contributed by atoms with van der Waals surface area (Å²) < 4.78 is 6.88. The second-order valence-electron chi connectivity index (χ2n) is 5.46. The van der Waals surface area contributed by atoms with Crippen LogP contribution in [-0.2, 0) is 0 Å². The third kappa shape index (κ3) is 4.78. The van der Waals surface area contributed by atoms with E-state index in [-0.39, 0.29) is 0 Å². The number of halogens is 1. The van der Waals surface area contributed by atoms with Crippen molar-refractivity contribution in [1.29, 1.82) is 0 Å². The number of hydrogen-bond acceptors (Lipinski definition) is 2. The van der Waals surface area contributed by atoms with Crippen LogP contribution in [0.4, 0.5) is 5.69 Å². The molecule has 0 aliphatic heterocycles. The zero-order valence-electron chi connectivity index (χ0n) is 12.8. The van der Waals surface area contributed by atoms with Gasteiger partial charge in [-0.1, -0.05) is 41.9 Å². The number of aryl methyl sites for hydroxylation is 1. The first-order valence-corrected chi connectivity index (χ1v) is 8.08. The molecule has 1 N–H and O–H groups in total. The SMILES string of the molecule is Cc1cc(OCCNc2cccc(Br)c2)ccc1C(C)C. The fourth-order valence-electron chi connectivity index (χ4n) is 2.35. The predicted molar refractivity (Wildman–Crippen MR) is 93.4 cm³/mol. The van der Waals surface area contributed by atoms with Gasteiger partial charge in [0.15, 0.2) is 0 Å². The monoisotopic (exact) mass is 347 g/mol. The van der Waals surface area contributed by atoms with Crippen LogP contribution in [0, 0.1) is 6.92 Å². The maximum atomic E-state index is 5.80. The molecule has 0 aliphatic carbocycles. The highest BCUT2D eigenvalue weighted by atomic mass is 79.9. The molecule has 21 heavy (non-hydrogen) atoms. The summed E-state index contributed by atoms with van der Waals surface area (Å²) in [6.45, 7) is 7.99. The van der Waals surface area contributed by atoms with Gasteiger partial charge in [-0.3, -0.25) is 0 Å². The topological polar surface area (TPSA) is 21.3 Å². The zero-order chi connectivity index (χ0) is 15.2. The van der Waals surface area contributed by atoms with Gasteiger partial charge in [-0.2, -0.15) is 0 Å².